The fraction of sp³-hybridized carbons (Fsp3) is 0.583. The predicted molar refractivity (Wildman–Crippen MR) is 61.6 cm³/mol. The van der Waals surface area contributed by atoms with Crippen LogP contribution in [0.15, 0.2) is 18.3 Å². The number of nitrogens with two attached hydrogens (primary N) is 1. The molecular formula is C12H20N2O. The third kappa shape index (κ3) is 4.40. The number of rotatable bonds is 6. The normalized spacial score (nSPS) is 12.7. The molecule has 0 bridgehead atoms. The maximum atomic E-state index is 6.01. The second kappa shape index (κ2) is 6.53. The van der Waals surface area contributed by atoms with Crippen LogP contribution in [-0.4, -0.2) is 18.2 Å². The van der Waals surface area contributed by atoms with Gasteiger partial charge in [0.15, 0.2) is 0 Å². The maximum Gasteiger partial charge on any atom is 0.0571 e. The summed E-state index contributed by atoms with van der Waals surface area (Å²) in [5.41, 5.74) is 8.15. The number of hydrogen-bond donors (Lipinski definition) is 1. The van der Waals surface area contributed by atoms with E-state index in [1.807, 2.05) is 32.2 Å². The van der Waals surface area contributed by atoms with Crippen molar-refractivity contribution in [2.75, 3.05) is 13.2 Å². The lowest BCUT2D eigenvalue weighted by molar-refractivity contribution is 0.142. The molecule has 3 heteroatoms. The van der Waals surface area contributed by atoms with Gasteiger partial charge in [-0.25, -0.2) is 0 Å². The average Bonchev–Trinajstić information content (AvgIpc) is 2.25. The zero-order valence-corrected chi connectivity index (χ0v) is 9.57. The van der Waals surface area contributed by atoms with Crippen LogP contribution in [0.1, 0.15) is 37.1 Å². The van der Waals surface area contributed by atoms with Crippen LogP contribution < -0.4 is 5.73 Å². The Morgan fingerprint density at radius 1 is 1.47 bits per heavy atom. The summed E-state index contributed by atoms with van der Waals surface area (Å²) in [6, 6.07) is 4.08. The standard InChI is InChI=1S/C12H20N2O/c1-3-15-8-4-5-11(13)12-7-6-10(2)9-14-12/h6-7,9,11H,3-5,8,13H2,1-2H3. The largest absolute Gasteiger partial charge is 0.382 e. The van der Waals surface area contributed by atoms with E-state index in [9.17, 15) is 0 Å². The molecule has 3 nitrogen and oxygen atoms in total. The van der Waals surface area contributed by atoms with Gasteiger partial charge in [0, 0.05) is 25.5 Å². The van der Waals surface area contributed by atoms with E-state index in [4.69, 9.17) is 10.5 Å². The number of pyridine rings is 1. The minimum atomic E-state index is 0.0334. The first-order valence-electron chi connectivity index (χ1n) is 5.50. The smallest absolute Gasteiger partial charge is 0.0571 e. The Labute approximate surface area is 91.7 Å². The predicted octanol–water partition coefficient (Wildman–Crippen LogP) is 2.21. The summed E-state index contributed by atoms with van der Waals surface area (Å²) in [6.07, 6.45) is 3.78. The minimum Gasteiger partial charge on any atom is -0.382 e. The SMILES string of the molecule is CCOCCCC(N)c1ccc(C)cn1. The van der Waals surface area contributed by atoms with Gasteiger partial charge in [0.25, 0.3) is 0 Å². The van der Waals surface area contributed by atoms with Crippen LogP contribution in [0, 0.1) is 6.92 Å². The molecule has 0 aromatic carbocycles. The first-order valence-corrected chi connectivity index (χ1v) is 5.50. The molecule has 0 aliphatic rings. The van der Waals surface area contributed by atoms with E-state index in [1.54, 1.807) is 0 Å². The topological polar surface area (TPSA) is 48.1 Å². The molecule has 1 unspecified atom stereocenters. The highest BCUT2D eigenvalue weighted by molar-refractivity contribution is 5.14. The molecule has 0 aliphatic heterocycles. The third-order valence-corrected chi connectivity index (χ3v) is 2.32. The van der Waals surface area contributed by atoms with Crippen molar-refractivity contribution in [3.63, 3.8) is 0 Å². The van der Waals surface area contributed by atoms with Gasteiger partial charge in [0.2, 0.25) is 0 Å². The van der Waals surface area contributed by atoms with Gasteiger partial charge in [-0.3, -0.25) is 4.98 Å². The number of hydrogen-bond acceptors (Lipinski definition) is 3. The molecule has 0 spiro atoms. The molecule has 1 heterocycles. The van der Waals surface area contributed by atoms with Crippen molar-refractivity contribution in [2.45, 2.75) is 32.7 Å². The van der Waals surface area contributed by atoms with Crippen molar-refractivity contribution in [3.8, 4) is 0 Å². The number of aryl methyl sites for hydroxylation is 1. The Hall–Kier alpha value is -0.930. The monoisotopic (exact) mass is 208 g/mol. The Morgan fingerprint density at radius 2 is 2.27 bits per heavy atom. The zero-order chi connectivity index (χ0) is 11.1. The highest BCUT2D eigenvalue weighted by Crippen LogP contribution is 2.13. The molecule has 1 aromatic heterocycles. The number of aromatic nitrogens is 1. The molecule has 15 heavy (non-hydrogen) atoms. The molecule has 1 rings (SSSR count). The van der Waals surface area contributed by atoms with Crippen LogP contribution in [0.3, 0.4) is 0 Å². The van der Waals surface area contributed by atoms with Gasteiger partial charge in [-0.1, -0.05) is 6.07 Å². The lowest BCUT2D eigenvalue weighted by Crippen LogP contribution is -2.12. The van der Waals surface area contributed by atoms with Gasteiger partial charge in [-0.05, 0) is 38.3 Å². The van der Waals surface area contributed by atoms with Crippen molar-refractivity contribution in [1.82, 2.24) is 4.98 Å². The van der Waals surface area contributed by atoms with Gasteiger partial charge >= 0.3 is 0 Å². The van der Waals surface area contributed by atoms with E-state index < -0.39 is 0 Å². The van der Waals surface area contributed by atoms with E-state index in [0.717, 1.165) is 31.7 Å². The Kier molecular flexibility index (Phi) is 5.29. The van der Waals surface area contributed by atoms with Crippen molar-refractivity contribution >= 4 is 0 Å². The molecule has 1 aromatic rings. The van der Waals surface area contributed by atoms with Gasteiger partial charge in [-0.15, -0.1) is 0 Å². The van der Waals surface area contributed by atoms with Crippen molar-refractivity contribution in [3.05, 3.63) is 29.6 Å². The number of ether oxygens (including phenoxy) is 1. The van der Waals surface area contributed by atoms with E-state index in [-0.39, 0.29) is 6.04 Å². The van der Waals surface area contributed by atoms with Crippen molar-refractivity contribution in [2.24, 2.45) is 5.73 Å². The van der Waals surface area contributed by atoms with Crippen LogP contribution in [-0.2, 0) is 4.74 Å². The first kappa shape index (κ1) is 12.1. The fourth-order valence-corrected chi connectivity index (χ4v) is 1.40. The lowest BCUT2D eigenvalue weighted by atomic mass is 10.1. The van der Waals surface area contributed by atoms with Gasteiger partial charge in [0.1, 0.15) is 0 Å². The lowest BCUT2D eigenvalue weighted by Gasteiger charge is -2.10. The second-order valence-corrected chi connectivity index (χ2v) is 3.71. The second-order valence-electron chi connectivity index (χ2n) is 3.71. The highest BCUT2D eigenvalue weighted by atomic mass is 16.5. The molecule has 0 amide bonds. The van der Waals surface area contributed by atoms with Crippen LogP contribution in [0.25, 0.3) is 0 Å². The van der Waals surface area contributed by atoms with Crippen molar-refractivity contribution in [1.29, 1.82) is 0 Å². The third-order valence-electron chi connectivity index (χ3n) is 2.32. The van der Waals surface area contributed by atoms with E-state index >= 15 is 0 Å². The van der Waals surface area contributed by atoms with Gasteiger partial charge in [-0.2, -0.15) is 0 Å². The Morgan fingerprint density at radius 3 is 2.87 bits per heavy atom. The zero-order valence-electron chi connectivity index (χ0n) is 9.57. The average molecular weight is 208 g/mol. The van der Waals surface area contributed by atoms with Gasteiger partial charge < -0.3 is 10.5 Å². The van der Waals surface area contributed by atoms with E-state index in [0.29, 0.717) is 0 Å². The van der Waals surface area contributed by atoms with Crippen LogP contribution in [0.5, 0.6) is 0 Å². The highest BCUT2D eigenvalue weighted by Gasteiger charge is 2.06. The summed E-state index contributed by atoms with van der Waals surface area (Å²) in [5.74, 6) is 0. The number of nitrogens with zero attached hydrogens (tertiary/aromatic N) is 1. The van der Waals surface area contributed by atoms with Gasteiger partial charge in [0.05, 0.1) is 5.69 Å². The van der Waals surface area contributed by atoms with E-state index in [2.05, 4.69) is 4.98 Å². The molecule has 1 atom stereocenters. The first-order chi connectivity index (χ1) is 7.24. The summed E-state index contributed by atoms with van der Waals surface area (Å²) in [7, 11) is 0. The molecule has 0 radical (unpaired) electrons. The molecule has 84 valence electrons. The molecule has 2 N–H and O–H groups in total. The maximum absolute atomic E-state index is 6.01. The summed E-state index contributed by atoms with van der Waals surface area (Å²) < 4.78 is 5.26. The van der Waals surface area contributed by atoms with Crippen molar-refractivity contribution < 1.29 is 4.74 Å². The van der Waals surface area contributed by atoms with Crippen LogP contribution in [0.4, 0.5) is 0 Å². The Balaban J connectivity index is 2.33. The fourth-order valence-electron chi connectivity index (χ4n) is 1.40. The quantitative estimate of drug-likeness (QED) is 0.729. The summed E-state index contributed by atoms with van der Waals surface area (Å²) in [5, 5.41) is 0. The molecule has 0 saturated carbocycles. The molecule has 0 saturated heterocycles. The summed E-state index contributed by atoms with van der Waals surface area (Å²) in [4.78, 5) is 4.31. The molecular weight excluding hydrogens is 188 g/mol. The summed E-state index contributed by atoms with van der Waals surface area (Å²) in [6.45, 7) is 5.59. The molecule has 0 fully saturated rings. The van der Waals surface area contributed by atoms with E-state index in [1.165, 1.54) is 5.56 Å². The van der Waals surface area contributed by atoms with Crippen LogP contribution in [0.2, 0.25) is 0 Å². The Bertz CT molecular complexity index is 271. The summed E-state index contributed by atoms with van der Waals surface area (Å²) >= 11 is 0. The minimum absolute atomic E-state index is 0.0334. The molecule has 0 aliphatic carbocycles. The van der Waals surface area contributed by atoms with Crippen LogP contribution >= 0.6 is 0 Å².